The van der Waals surface area contributed by atoms with E-state index in [-0.39, 0.29) is 6.79 Å². The van der Waals surface area contributed by atoms with Crippen molar-refractivity contribution in [1.82, 2.24) is 23.8 Å². The second-order valence-electron chi connectivity index (χ2n) is 7.99. The first-order valence-corrected chi connectivity index (χ1v) is 13.0. The summed E-state index contributed by atoms with van der Waals surface area (Å²) in [6.45, 7) is 2.08. The van der Waals surface area contributed by atoms with E-state index in [1.165, 1.54) is 24.3 Å². The number of nitrogen functional groups attached to an aromatic ring is 1. The lowest BCUT2D eigenvalue weighted by molar-refractivity contribution is 0.174. The lowest BCUT2D eigenvalue weighted by Crippen LogP contribution is -2.37. The molecule has 2 aliphatic rings. The molecule has 5 rings (SSSR count). The summed E-state index contributed by atoms with van der Waals surface area (Å²) >= 11 is 1.51. The third-order valence-electron chi connectivity index (χ3n) is 5.88. The van der Waals surface area contributed by atoms with Crippen LogP contribution in [-0.2, 0) is 16.6 Å². The van der Waals surface area contributed by atoms with Crippen LogP contribution in [0.3, 0.4) is 0 Å². The molecule has 1 saturated heterocycles. The van der Waals surface area contributed by atoms with Crippen molar-refractivity contribution in [1.29, 1.82) is 0 Å². The minimum Gasteiger partial charge on any atom is -0.454 e. The van der Waals surface area contributed by atoms with Crippen LogP contribution in [0.15, 0.2) is 34.6 Å². The zero-order chi connectivity index (χ0) is 22.3. The Balaban J connectivity index is 1.37. The Morgan fingerprint density at radius 1 is 1.19 bits per heavy atom. The minimum absolute atomic E-state index is 0.228. The highest BCUT2D eigenvalue weighted by molar-refractivity contribution is 7.99. The second kappa shape index (κ2) is 8.41. The number of piperidine rings is 1. The molecule has 10 nitrogen and oxygen atoms in total. The summed E-state index contributed by atoms with van der Waals surface area (Å²) in [7, 11) is -3.12. The number of ether oxygens (including phenoxy) is 2. The molecule has 170 valence electrons. The maximum atomic E-state index is 11.8. The Labute approximate surface area is 190 Å². The summed E-state index contributed by atoms with van der Waals surface area (Å²) in [6, 6.07) is 5.80. The van der Waals surface area contributed by atoms with Crippen molar-refractivity contribution in [3.63, 3.8) is 0 Å². The number of aryl methyl sites for hydroxylation is 1. The Morgan fingerprint density at radius 2 is 1.97 bits per heavy atom. The quantitative estimate of drug-likeness (QED) is 0.570. The van der Waals surface area contributed by atoms with E-state index in [9.17, 15) is 8.42 Å². The number of nitrogens with zero attached hydrogens (tertiary/aromatic N) is 5. The predicted octanol–water partition coefficient (Wildman–Crippen LogP) is 2.35. The van der Waals surface area contributed by atoms with Gasteiger partial charge in [0.25, 0.3) is 0 Å². The maximum absolute atomic E-state index is 11.8. The second-order valence-corrected chi connectivity index (χ2v) is 11.0. The number of hydrogen-bond acceptors (Lipinski definition) is 9. The normalized spacial score (nSPS) is 17.3. The number of anilines is 1. The van der Waals surface area contributed by atoms with Gasteiger partial charge in [-0.1, -0.05) is 11.8 Å². The van der Waals surface area contributed by atoms with Crippen molar-refractivity contribution >= 4 is 38.8 Å². The van der Waals surface area contributed by atoms with Crippen molar-refractivity contribution in [3.05, 3.63) is 24.5 Å². The van der Waals surface area contributed by atoms with Crippen LogP contribution in [-0.4, -0.2) is 58.4 Å². The van der Waals surface area contributed by atoms with Crippen molar-refractivity contribution in [2.75, 3.05) is 31.9 Å². The maximum Gasteiger partial charge on any atom is 0.231 e. The first-order chi connectivity index (χ1) is 15.4. The SMILES string of the molecule is CS(=O)(=O)N1CCC(CCn2c(Sc3ccc4c(c3)OCO4)nc3c(N)ncnc32)CC1. The van der Waals surface area contributed by atoms with Gasteiger partial charge in [-0.3, -0.25) is 0 Å². The van der Waals surface area contributed by atoms with Crippen LogP contribution in [0, 0.1) is 5.92 Å². The van der Waals surface area contributed by atoms with E-state index in [1.807, 2.05) is 18.2 Å². The molecule has 2 aliphatic heterocycles. The highest BCUT2D eigenvalue weighted by atomic mass is 32.2. The van der Waals surface area contributed by atoms with E-state index in [0.717, 1.165) is 40.8 Å². The molecule has 1 fully saturated rings. The van der Waals surface area contributed by atoms with Gasteiger partial charge in [-0.25, -0.2) is 27.7 Å². The molecule has 2 N–H and O–H groups in total. The Kier molecular flexibility index (Phi) is 5.59. The van der Waals surface area contributed by atoms with Gasteiger partial charge < -0.3 is 19.8 Å². The van der Waals surface area contributed by atoms with Crippen LogP contribution in [0.1, 0.15) is 19.3 Å². The van der Waals surface area contributed by atoms with Gasteiger partial charge in [-0.15, -0.1) is 0 Å². The molecule has 0 aliphatic carbocycles. The largest absolute Gasteiger partial charge is 0.454 e. The van der Waals surface area contributed by atoms with Crippen molar-refractivity contribution in [2.45, 2.75) is 35.9 Å². The van der Waals surface area contributed by atoms with E-state index in [2.05, 4.69) is 14.5 Å². The fourth-order valence-corrected chi connectivity index (χ4v) is 5.91. The lowest BCUT2D eigenvalue weighted by Gasteiger charge is -2.30. The first kappa shape index (κ1) is 21.3. The average Bonchev–Trinajstić information content (AvgIpc) is 3.37. The summed E-state index contributed by atoms with van der Waals surface area (Å²) in [4.78, 5) is 14.2. The number of sulfonamides is 1. The summed E-state index contributed by atoms with van der Waals surface area (Å²) in [6.07, 6.45) is 5.33. The van der Waals surface area contributed by atoms with E-state index in [1.54, 1.807) is 4.31 Å². The Morgan fingerprint density at radius 3 is 2.75 bits per heavy atom. The fourth-order valence-electron chi connectivity index (χ4n) is 4.10. The fraction of sp³-hybridized carbons (Fsp3) is 0.450. The van der Waals surface area contributed by atoms with Gasteiger partial charge in [0.1, 0.15) is 6.33 Å². The number of fused-ring (bicyclic) bond motifs is 2. The number of nitrogens with two attached hydrogens (primary N) is 1. The molecule has 4 heterocycles. The molecule has 0 amide bonds. The molecule has 0 unspecified atom stereocenters. The third kappa shape index (κ3) is 4.21. The monoisotopic (exact) mass is 476 g/mol. The zero-order valence-corrected chi connectivity index (χ0v) is 19.2. The molecular weight excluding hydrogens is 452 g/mol. The summed E-state index contributed by atoms with van der Waals surface area (Å²) < 4.78 is 38.1. The number of hydrogen-bond donors (Lipinski definition) is 1. The zero-order valence-electron chi connectivity index (χ0n) is 17.6. The number of imidazole rings is 1. The van der Waals surface area contributed by atoms with Gasteiger partial charge in [0.2, 0.25) is 16.8 Å². The van der Waals surface area contributed by atoms with Crippen LogP contribution in [0.4, 0.5) is 5.82 Å². The van der Waals surface area contributed by atoms with E-state index in [4.69, 9.17) is 20.2 Å². The van der Waals surface area contributed by atoms with Gasteiger partial charge in [-0.2, -0.15) is 0 Å². The predicted molar refractivity (Wildman–Crippen MR) is 120 cm³/mol. The van der Waals surface area contributed by atoms with Crippen LogP contribution >= 0.6 is 11.8 Å². The molecule has 0 atom stereocenters. The standard InChI is InChI=1S/C20H24N6O4S2/c1-32(27,28)25-7-4-13(5-8-25)6-9-26-19-17(18(21)22-11-23-19)24-20(26)31-14-2-3-15-16(10-14)30-12-29-15/h2-3,10-11,13H,4-9,12H2,1H3,(H2,21,22,23). The van der Waals surface area contributed by atoms with E-state index < -0.39 is 10.0 Å². The van der Waals surface area contributed by atoms with Crippen LogP contribution < -0.4 is 15.2 Å². The van der Waals surface area contributed by atoms with Gasteiger partial charge in [-0.05, 0) is 43.4 Å². The molecule has 12 heteroatoms. The molecule has 0 radical (unpaired) electrons. The van der Waals surface area contributed by atoms with Crippen molar-refractivity contribution in [3.8, 4) is 11.5 Å². The molecule has 1 aromatic carbocycles. The summed E-state index contributed by atoms with van der Waals surface area (Å²) in [5, 5.41) is 0.777. The smallest absolute Gasteiger partial charge is 0.231 e. The van der Waals surface area contributed by atoms with Gasteiger partial charge in [0.05, 0.1) is 6.26 Å². The first-order valence-electron chi connectivity index (χ1n) is 10.4. The number of rotatable bonds is 6. The summed E-state index contributed by atoms with van der Waals surface area (Å²) in [5.74, 6) is 2.24. The topological polar surface area (TPSA) is 125 Å². The molecule has 32 heavy (non-hydrogen) atoms. The molecule has 3 aromatic rings. The van der Waals surface area contributed by atoms with Gasteiger partial charge >= 0.3 is 0 Å². The summed E-state index contributed by atoms with van der Waals surface area (Å²) in [5.41, 5.74) is 7.35. The van der Waals surface area contributed by atoms with E-state index >= 15 is 0 Å². The Bertz CT molecular complexity index is 1250. The van der Waals surface area contributed by atoms with Crippen LogP contribution in [0.2, 0.25) is 0 Å². The molecule has 0 saturated carbocycles. The number of aromatic nitrogens is 4. The Hall–Kier alpha value is -2.57. The lowest BCUT2D eigenvalue weighted by atomic mass is 9.95. The highest BCUT2D eigenvalue weighted by Crippen LogP contribution is 2.38. The minimum atomic E-state index is -3.12. The molecular formula is C20H24N6O4S2. The van der Waals surface area contributed by atoms with Crippen molar-refractivity contribution < 1.29 is 17.9 Å². The van der Waals surface area contributed by atoms with Gasteiger partial charge in [0.15, 0.2) is 33.6 Å². The average molecular weight is 477 g/mol. The van der Waals surface area contributed by atoms with Crippen LogP contribution in [0.5, 0.6) is 11.5 Å². The highest BCUT2D eigenvalue weighted by Gasteiger charge is 2.25. The molecule has 0 bridgehead atoms. The van der Waals surface area contributed by atoms with Gasteiger partial charge in [0, 0.05) is 24.5 Å². The van der Waals surface area contributed by atoms with Crippen molar-refractivity contribution in [2.24, 2.45) is 5.92 Å². The van der Waals surface area contributed by atoms with E-state index in [0.29, 0.717) is 42.5 Å². The van der Waals surface area contributed by atoms with Crippen LogP contribution in [0.25, 0.3) is 11.2 Å². The number of benzene rings is 1. The molecule has 0 spiro atoms. The molecule has 2 aromatic heterocycles. The third-order valence-corrected chi connectivity index (χ3v) is 8.17.